The molecule has 3 heteroatoms. The molecule has 0 aliphatic carbocycles. The number of rotatable bonds is 51. The van der Waals surface area contributed by atoms with Crippen LogP contribution in [0.1, 0.15) is 310 Å². The lowest BCUT2D eigenvalue weighted by atomic mass is 10.0. The molecule has 0 bridgehead atoms. The number of ether oxygens (including phenoxy) is 3. The van der Waals surface area contributed by atoms with E-state index in [9.17, 15) is 0 Å². The van der Waals surface area contributed by atoms with Crippen molar-refractivity contribution in [3.63, 3.8) is 0 Å². The molecule has 0 fully saturated rings. The van der Waals surface area contributed by atoms with E-state index >= 15 is 0 Å². The van der Waals surface area contributed by atoms with Gasteiger partial charge in [0.05, 0.1) is 19.8 Å². The maximum absolute atomic E-state index is 6.47. The van der Waals surface area contributed by atoms with Gasteiger partial charge in [-0.05, 0) is 37.5 Å². The molecule has 0 unspecified atom stereocenters. The minimum absolute atomic E-state index is 0.729. The molecule has 0 atom stereocenters. The van der Waals surface area contributed by atoms with Crippen LogP contribution >= 0.6 is 0 Å². The average Bonchev–Trinajstić information content (AvgIpc) is 3.26. The lowest BCUT2D eigenvalue weighted by Crippen LogP contribution is -2.06. The van der Waals surface area contributed by atoms with Crippen molar-refractivity contribution in [3.05, 3.63) is 18.2 Å². The van der Waals surface area contributed by atoms with Crippen molar-refractivity contribution in [2.24, 2.45) is 0 Å². The molecule has 0 saturated carbocycles. The van der Waals surface area contributed by atoms with Crippen LogP contribution in [0.2, 0.25) is 0 Å². The second kappa shape index (κ2) is 48.6. The lowest BCUT2D eigenvalue weighted by molar-refractivity contribution is 0.234. The van der Waals surface area contributed by atoms with Crippen LogP contribution < -0.4 is 14.2 Å². The van der Waals surface area contributed by atoms with Gasteiger partial charge in [0.15, 0.2) is 11.5 Å². The van der Waals surface area contributed by atoms with Gasteiger partial charge < -0.3 is 14.2 Å². The standard InChI is InChI=1S/C57H107O3/c1-4-7-10-13-16-19-22-25-28-31-34-37-40-43-46-52-58-55-50-49-51-56(59-53-47-44-41-38-35-32-29-26-23-20-17-14-11-8-5-2)57(55)60-54-48-45-42-39-36-33-30-27-24-21-18-15-12-9-6-3/h50-51H,4-48,52-54H2,1-3H3. The highest BCUT2D eigenvalue weighted by Crippen LogP contribution is 2.37. The Morgan fingerprint density at radius 3 is 0.650 bits per heavy atom. The third kappa shape index (κ3) is 39.5. The first-order valence-corrected chi connectivity index (χ1v) is 27.8. The van der Waals surface area contributed by atoms with Gasteiger partial charge in [-0.3, -0.25) is 0 Å². The number of unbranched alkanes of at least 4 members (excludes halogenated alkanes) is 42. The Morgan fingerprint density at radius 1 is 0.250 bits per heavy atom. The molecule has 0 aliphatic rings. The first kappa shape index (κ1) is 56.6. The fourth-order valence-corrected chi connectivity index (χ4v) is 8.76. The molecule has 0 aromatic heterocycles. The summed E-state index contributed by atoms with van der Waals surface area (Å²) in [6.07, 6.45) is 62.0. The van der Waals surface area contributed by atoms with Gasteiger partial charge in [0.1, 0.15) is 0 Å². The first-order chi connectivity index (χ1) is 29.8. The molecule has 0 amide bonds. The summed E-state index contributed by atoms with van der Waals surface area (Å²) in [6, 6.07) is 7.24. The van der Waals surface area contributed by atoms with E-state index in [1.807, 2.05) is 12.1 Å². The highest BCUT2D eigenvalue weighted by atomic mass is 16.5. The molecule has 0 saturated heterocycles. The Morgan fingerprint density at radius 2 is 0.433 bits per heavy atom. The maximum atomic E-state index is 6.47. The van der Waals surface area contributed by atoms with Crippen LogP contribution in [0.4, 0.5) is 0 Å². The van der Waals surface area contributed by atoms with Crippen molar-refractivity contribution in [2.45, 2.75) is 310 Å². The fraction of sp³-hybridized carbons (Fsp3) is 0.895. The van der Waals surface area contributed by atoms with Gasteiger partial charge in [0, 0.05) is 0 Å². The Kier molecular flexibility index (Phi) is 45.9. The molecule has 1 radical (unpaired) electrons. The van der Waals surface area contributed by atoms with E-state index in [2.05, 4.69) is 26.8 Å². The predicted molar refractivity (Wildman–Crippen MR) is 267 cm³/mol. The summed E-state index contributed by atoms with van der Waals surface area (Å²) in [4.78, 5) is 0. The topological polar surface area (TPSA) is 27.7 Å². The Bertz CT molecular complexity index is 891. The van der Waals surface area contributed by atoms with Gasteiger partial charge in [-0.15, -0.1) is 0 Å². The molecule has 3 nitrogen and oxygen atoms in total. The number of hydrogen-bond acceptors (Lipinski definition) is 3. The van der Waals surface area contributed by atoms with Gasteiger partial charge in [0.25, 0.3) is 0 Å². The van der Waals surface area contributed by atoms with E-state index in [1.165, 1.54) is 270 Å². The molecular formula is C57H107O3. The second-order valence-electron chi connectivity index (χ2n) is 18.9. The quantitative estimate of drug-likeness (QED) is 0.0612. The van der Waals surface area contributed by atoms with Gasteiger partial charge in [-0.2, -0.15) is 0 Å². The van der Waals surface area contributed by atoms with Crippen molar-refractivity contribution < 1.29 is 14.2 Å². The predicted octanol–water partition coefficient (Wildman–Crippen LogP) is 20.2. The van der Waals surface area contributed by atoms with Crippen molar-refractivity contribution in [3.8, 4) is 17.2 Å². The summed E-state index contributed by atoms with van der Waals surface area (Å²) in [7, 11) is 0. The summed E-state index contributed by atoms with van der Waals surface area (Å²) in [5.74, 6) is 2.44. The summed E-state index contributed by atoms with van der Waals surface area (Å²) >= 11 is 0. The van der Waals surface area contributed by atoms with Gasteiger partial charge in [-0.25, -0.2) is 0 Å². The molecule has 60 heavy (non-hydrogen) atoms. The van der Waals surface area contributed by atoms with Crippen LogP contribution in [0.5, 0.6) is 17.2 Å². The van der Waals surface area contributed by atoms with E-state index in [-0.39, 0.29) is 0 Å². The lowest BCUT2D eigenvalue weighted by Gasteiger charge is -2.17. The van der Waals surface area contributed by atoms with Gasteiger partial charge in [-0.1, -0.05) is 290 Å². The zero-order valence-electron chi connectivity index (χ0n) is 41.3. The smallest absolute Gasteiger partial charge is 0.203 e. The third-order valence-electron chi connectivity index (χ3n) is 12.9. The molecule has 1 aromatic rings. The van der Waals surface area contributed by atoms with Crippen LogP contribution in [0.25, 0.3) is 0 Å². The van der Waals surface area contributed by atoms with E-state index in [0.717, 1.165) is 56.3 Å². The minimum atomic E-state index is 0.729. The van der Waals surface area contributed by atoms with Crippen LogP contribution in [-0.2, 0) is 0 Å². The number of benzene rings is 1. The average molecular weight is 840 g/mol. The van der Waals surface area contributed by atoms with E-state index in [0.29, 0.717) is 0 Å². The molecule has 0 N–H and O–H groups in total. The molecular weight excluding hydrogens is 733 g/mol. The zero-order chi connectivity index (χ0) is 42.9. The zero-order valence-corrected chi connectivity index (χ0v) is 41.3. The van der Waals surface area contributed by atoms with Gasteiger partial charge in [0.2, 0.25) is 5.75 Å². The van der Waals surface area contributed by atoms with Crippen molar-refractivity contribution in [1.82, 2.24) is 0 Å². The normalized spacial score (nSPS) is 11.4. The van der Waals surface area contributed by atoms with Crippen molar-refractivity contribution in [2.75, 3.05) is 19.8 Å². The summed E-state index contributed by atoms with van der Waals surface area (Å²) in [5.41, 5.74) is 0. The summed E-state index contributed by atoms with van der Waals surface area (Å²) in [6.45, 7) is 9.12. The summed E-state index contributed by atoms with van der Waals surface area (Å²) in [5, 5.41) is 0. The fourth-order valence-electron chi connectivity index (χ4n) is 8.76. The van der Waals surface area contributed by atoms with E-state index in [1.54, 1.807) is 0 Å². The second-order valence-corrected chi connectivity index (χ2v) is 18.9. The molecule has 0 spiro atoms. The van der Waals surface area contributed by atoms with Crippen LogP contribution in [0.15, 0.2) is 12.1 Å². The first-order valence-electron chi connectivity index (χ1n) is 27.8. The van der Waals surface area contributed by atoms with Crippen LogP contribution in [0.3, 0.4) is 0 Å². The molecule has 0 heterocycles. The maximum Gasteiger partial charge on any atom is 0.203 e. The molecule has 1 aromatic carbocycles. The van der Waals surface area contributed by atoms with Crippen LogP contribution in [0, 0.1) is 6.07 Å². The Hall–Kier alpha value is -1.38. The molecule has 0 aliphatic heterocycles. The van der Waals surface area contributed by atoms with Crippen LogP contribution in [-0.4, -0.2) is 19.8 Å². The van der Waals surface area contributed by atoms with Crippen molar-refractivity contribution in [1.29, 1.82) is 0 Å². The van der Waals surface area contributed by atoms with Crippen molar-refractivity contribution >= 4 is 0 Å². The Labute approximate surface area is 377 Å². The highest BCUT2D eigenvalue weighted by molar-refractivity contribution is 5.50. The molecule has 1 rings (SSSR count). The minimum Gasteiger partial charge on any atom is -0.490 e. The number of hydrogen-bond donors (Lipinski definition) is 0. The van der Waals surface area contributed by atoms with Gasteiger partial charge >= 0.3 is 0 Å². The van der Waals surface area contributed by atoms with E-state index in [4.69, 9.17) is 14.2 Å². The largest absolute Gasteiger partial charge is 0.490 e. The summed E-state index contributed by atoms with van der Waals surface area (Å²) < 4.78 is 19.2. The Balaban J connectivity index is 2.30. The highest BCUT2D eigenvalue weighted by Gasteiger charge is 2.13. The monoisotopic (exact) mass is 840 g/mol. The SMILES string of the molecule is CCCCCCCCCCCCCCCCCOc1c[c]cc(OCCCCCCCCCCCCCCCCC)c1OCCCCCCCCCCCCCCCCC. The van der Waals surface area contributed by atoms with E-state index < -0.39 is 0 Å². The third-order valence-corrected chi connectivity index (χ3v) is 12.9. The molecule has 353 valence electrons.